The number of hydrogen-bond acceptors (Lipinski definition) is 5. The van der Waals surface area contributed by atoms with E-state index in [1.807, 2.05) is 9.91 Å². The van der Waals surface area contributed by atoms with Crippen LogP contribution >= 0.6 is 0 Å². The summed E-state index contributed by atoms with van der Waals surface area (Å²) in [6.45, 7) is 6.87. The summed E-state index contributed by atoms with van der Waals surface area (Å²) in [6.07, 6.45) is 4.98. The summed E-state index contributed by atoms with van der Waals surface area (Å²) in [6, 6.07) is 0.340. The first-order valence-corrected chi connectivity index (χ1v) is 11.7. The van der Waals surface area contributed by atoms with Crippen molar-refractivity contribution in [3.8, 4) is 0 Å². The third-order valence-corrected chi connectivity index (χ3v) is 7.98. The fourth-order valence-electron chi connectivity index (χ4n) is 6.30. The van der Waals surface area contributed by atoms with Crippen molar-refractivity contribution >= 4 is 11.8 Å². The van der Waals surface area contributed by atoms with Gasteiger partial charge in [-0.3, -0.25) is 15.0 Å². The molecule has 0 bridgehead atoms. The molecule has 0 aromatic rings. The zero-order valence-corrected chi connectivity index (χ0v) is 18.2. The van der Waals surface area contributed by atoms with Crippen LogP contribution in [0, 0.1) is 17.8 Å². The molecule has 8 heteroatoms. The molecule has 2 amide bonds. The van der Waals surface area contributed by atoms with E-state index in [-0.39, 0.29) is 43.2 Å². The van der Waals surface area contributed by atoms with Gasteiger partial charge in [0.25, 0.3) is 0 Å². The van der Waals surface area contributed by atoms with Crippen molar-refractivity contribution in [1.29, 1.82) is 0 Å². The lowest BCUT2D eigenvalue weighted by Crippen LogP contribution is -2.67. The minimum Gasteiger partial charge on any atom is -0.375 e. The Morgan fingerprint density at radius 2 is 1.87 bits per heavy atom. The summed E-state index contributed by atoms with van der Waals surface area (Å²) in [7, 11) is 0. The molecule has 0 aromatic carbocycles. The second-order valence-corrected chi connectivity index (χ2v) is 10.4. The zero-order chi connectivity index (χ0) is 21.0. The van der Waals surface area contributed by atoms with Crippen LogP contribution in [0.3, 0.4) is 0 Å². The average molecular weight is 423 g/mol. The maximum atomic E-state index is 14.4. The van der Waals surface area contributed by atoms with Crippen LogP contribution in [-0.4, -0.2) is 89.8 Å². The Kier molecular flexibility index (Phi) is 5.30. The number of hydrazine groups is 1. The first-order chi connectivity index (χ1) is 14.3. The van der Waals surface area contributed by atoms with E-state index in [2.05, 4.69) is 17.2 Å². The average Bonchev–Trinajstić information content (AvgIpc) is 3.44. The smallest absolute Gasteiger partial charge is 0.226 e. The number of carbonyl (C=O) groups excluding carboxylic acids is 2. The molecular weight excluding hydrogens is 387 g/mol. The molecule has 4 unspecified atom stereocenters. The van der Waals surface area contributed by atoms with E-state index in [1.165, 1.54) is 0 Å². The van der Waals surface area contributed by atoms with Gasteiger partial charge in [-0.15, -0.1) is 0 Å². The fraction of sp³-hybridized carbons (Fsp3) is 0.909. The maximum Gasteiger partial charge on any atom is 0.226 e. The van der Waals surface area contributed by atoms with Crippen LogP contribution in [0.15, 0.2) is 0 Å². The van der Waals surface area contributed by atoms with Crippen molar-refractivity contribution < 1.29 is 18.7 Å². The summed E-state index contributed by atoms with van der Waals surface area (Å²) in [5.41, 5.74) is 2.18. The highest BCUT2D eigenvalue weighted by Crippen LogP contribution is 2.42. The van der Waals surface area contributed by atoms with Crippen LogP contribution in [0.5, 0.6) is 0 Å². The first-order valence-electron chi connectivity index (χ1n) is 11.7. The molecule has 0 spiro atoms. The van der Waals surface area contributed by atoms with Crippen molar-refractivity contribution in [3.05, 3.63) is 0 Å². The third-order valence-electron chi connectivity index (χ3n) is 7.98. The van der Waals surface area contributed by atoms with Crippen molar-refractivity contribution in [2.45, 2.75) is 69.7 Å². The molecular formula is C22H35FN4O3. The standard InChI is InChI=1S/C22H35FN4O3/c1-14-9-26(21(29)16-3-4-16)20-7-17(5-6-19(20)27(14)15(2)28)18-8-24-25(10-18)11-22(23)12-30-13-22/h14,16-20,24H,3-13H2,1-2H3/t14-,17?,18?,19?,20?/m0/s1. The van der Waals surface area contributed by atoms with Gasteiger partial charge in [-0.2, -0.15) is 0 Å². The number of hydrogen-bond donors (Lipinski definition) is 1. The number of rotatable bonds is 4. The second kappa shape index (κ2) is 7.71. The predicted molar refractivity (Wildman–Crippen MR) is 109 cm³/mol. The normalized spacial score (nSPS) is 38.8. The first kappa shape index (κ1) is 20.6. The van der Waals surface area contributed by atoms with E-state index in [0.717, 1.165) is 45.2 Å². The molecule has 0 aromatic heterocycles. The number of fused-ring (bicyclic) bond motifs is 1. The van der Waals surface area contributed by atoms with Crippen LogP contribution in [0.2, 0.25) is 0 Å². The molecule has 168 valence electrons. The molecule has 5 rings (SSSR count). The number of amides is 2. The molecule has 3 heterocycles. The molecule has 2 aliphatic carbocycles. The Morgan fingerprint density at radius 1 is 1.10 bits per heavy atom. The summed E-state index contributed by atoms with van der Waals surface area (Å²) >= 11 is 0. The summed E-state index contributed by atoms with van der Waals surface area (Å²) in [5, 5.41) is 2.03. The lowest BCUT2D eigenvalue weighted by Gasteiger charge is -2.54. The molecule has 3 saturated heterocycles. The van der Waals surface area contributed by atoms with E-state index in [4.69, 9.17) is 4.74 Å². The van der Waals surface area contributed by atoms with Gasteiger partial charge in [-0.25, -0.2) is 9.40 Å². The van der Waals surface area contributed by atoms with Gasteiger partial charge in [0.15, 0.2) is 5.67 Å². The minimum absolute atomic E-state index is 0.0806. The molecule has 0 radical (unpaired) electrons. The molecule has 5 atom stereocenters. The van der Waals surface area contributed by atoms with Crippen LogP contribution in [0.1, 0.15) is 46.0 Å². The van der Waals surface area contributed by atoms with Gasteiger partial charge >= 0.3 is 0 Å². The van der Waals surface area contributed by atoms with Crippen LogP contribution in [0.25, 0.3) is 0 Å². The van der Waals surface area contributed by atoms with E-state index in [1.54, 1.807) is 6.92 Å². The quantitative estimate of drug-likeness (QED) is 0.737. The van der Waals surface area contributed by atoms with Crippen molar-refractivity contribution in [2.75, 3.05) is 39.4 Å². The van der Waals surface area contributed by atoms with Crippen molar-refractivity contribution in [1.82, 2.24) is 20.2 Å². The van der Waals surface area contributed by atoms with Gasteiger partial charge in [0, 0.05) is 38.5 Å². The van der Waals surface area contributed by atoms with E-state index >= 15 is 0 Å². The number of carbonyl (C=O) groups is 2. The molecule has 1 N–H and O–H groups in total. The van der Waals surface area contributed by atoms with Gasteiger partial charge in [-0.1, -0.05) is 0 Å². The van der Waals surface area contributed by atoms with Gasteiger partial charge < -0.3 is 14.5 Å². The maximum absolute atomic E-state index is 14.4. The summed E-state index contributed by atoms with van der Waals surface area (Å²) < 4.78 is 19.5. The highest BCUT2D eigenvalue weighted by Gasteiger charge is 2.50. The number of piperazine rings is 1. The fourth-order valence-corrected chi connectivity index (χ4v) is 6.30. The number of nitrogens with one attached hydrogen (secondary N) is 1. The summed E-state index contributed by atoms with van der Waals surface area (Å²) in [5.74, 6) is 1.58. The Bertz CT molecular complexity index is 698. The zero-order valence-electron chi connectivity index (χ0n) is 18.2. The van der Waals surface area contributed by atoms with Gasteiger partial charge in [0.05, 0.1) is 31.8 Å². The number of halogens is 1. The number of alkyl halides is 1. The Labute approximate surface area is 178 Å². The SMILES string of the molecule is CC(=O)N1C2CCC(C3CNN(CC4(F)COC4)C3)CC2N(C(=O)C2CC2)C[C@@H]1C. The Hall–Kier alpha value is -1.25. The summed E-state index contributed by atoms with van der Waals surface area (Å²) in [4.78, 5) is 29.6. The van der Waals surface area contributed by atoms with Crippen molar-refractivity contribution in [2.24, 2.45) is 17.8 Å². The van der Waals surface area contributed by atoms with Crippen LogP contribution in [0.4, 0.5) is 4.39 Å². The third kappa shape index (κ3) is 3.75. The highest BCUT2D eigenvalue weighted by atomic mass is 19.1. The lowest BCUT2D eigenvalue weighted by atomic mass is 9.73. The van der Waals surface area contributed by atoms with E-state index < -0.39 is 5.67 Å². The van der Waals surface area contributed by atoms with Gasteiger partial charge in [0.1, 0.15) is 0 Å². The Balaban J connectivity index is 1.27. The molecule has 30 heavy (non-hydrogen) atoms. The molecule has 5 aliphatic rings. The van der Waals surface area contributed by atoms with E-state index in [0.29, 0.717) is 30.8 Å². The largest absolute Gasteiger partial charge is 0.375 e. The number of ether oxygens (including phenoxy) is 1. The minimum atomic E-state index is -1.21. The highest BCUT2D eigenvalue weighted by molar-refractivity contribution is 5.82. The van der Waals surface area contributed by atoms with Gasteiger partial charge in [0.2, 0.25) is 11.8 Å². The van der Waals surface area contributed by atoms with Crippen LogP contribution in [-0.2, 0) is 14.3 Å². The van der Waals surface area contributed by atoms with E-state index in [9.17, 15) is 14.0 Å². The monoisotopic (exact) mass is 422 g/mol. The molecule has 5 fully saturated rings. The van der Waals surface area contributed by atoms with Gasteiger partial charge in [-0.05, 0) is 50.9 Å². The topological polar surface area (TPSA) is 65.1 Å². The van der Waals surface area contributed by atoms with Crippen LogP contribution < -0.4 is 5.43 Å². The lowest BCUT2D eigenvalue weighted by molar-refractivity contribution is -0.155. The Morgan fingerprint density at radius 3 is 2.50 bits per heavy atom. The number of nitrogens with zero attached hydrogens (tertiary/aromatic N) is 3. The van der Waals surface area contributed by atoms with Crippen molar-refractivity contribution in [3.63, 3.8) is 0 Å². The molecule has 2 saturated carbocycles. The molecule has 3 aliphatic heterocycles. The second-order valence-electron chi connectivity index (χ2n) is 10.4. The molecule has 7 nitrogen and oxygen atoms in total. The predicted octanol–water partition coefficient (Wildman–Crippen LogP) is 1.19.